The third-order valence-corrected chi connectivity index (χ3v) is 0.415. The lowest BCUT2D eigenvalue weighted by Crippen LogP contribution is -1.98. The second-order valence-electron chi connectivity index (χ2n) is 0.878. The lowest BCUT2D eigenvalue weighted by molar-refractivity contribution is -0.431. The van der Waals surface area contributed by atoms with Crippen LogP contribution in [-0.4, -0.2) is 20.3 Å². The van der Waals surface area contributed by atoms with Gasteiger partial charge in [0.25, 0.3) is 0 Å². The largest absolute Gasteiger partial charge is 0.382 e. The van der Waals surface area contributed by atoms with E-state index in [1.165, 1.54) is 7.11 Å². The highest BCUT2D eigenvalue weighted by Gasteiger charge is 1.81. The molecule has 0 aliphatic rings. The maximum absolute atomic E-state index is 10.5. The fourth-order valence-electron chi connectivity index (χ4n) is 0.149. The molecule has 0 aromatic rings. The van der Waals surface area contributed by atoms with E-state index in [0.29, 0.717) is 6.61 Å². The molecule has 0 N–H and O–H groups in total. The van der Waals surface area contributed by atoms with Crippen molar-refractivity contribution in [1.29, 1.82) is 0 Å². The predicted octanol–water partition coefficient (Wildman–Crippen LogP) is 0.466. The normalized spacial score (nSPS) is 9.43. The molecule has 0 saturated heterocycles. The molecule has 0 heterocycles. The summed E-state index contributed by atoms with van der Waals surface area (Å²) in [5.74, 6) is 0. The molecule has 0 aromatic heterocycles. The van der Waals surface area contributed by atoms with Crippen molar-refractivity contribution in [2.24, 2.45) is 0 Å². The summed E-state index contributed by atoms with van der Waals surface area (Å²) >= 11 is 0. The Morgan fingerprint density at radius 1 is 1.43 bits per heavy atom. The van der Waals surface area contributed by atoms with Crippen molar-refractivity contribution in [3.05, 3.63) is 0 Å². The second kappa shape index (κ2) is 5.81. The van der Waals surface area contributed by atoms with Crippen molar-refractivity contribution >= 4 is 0 Å². The molecular weight excluding hydrogens is 103 g/mol. The van der Waals surface area contributed by atoms with Crippen molar-refractivity contribution in [1.82, 2.24) is 0 Å². The Morgan fingerprint density at radius 2 is 2.14 bits per heavy atom. The van der Waals surface area contributed by atoms with Crippen LogP contribution in [0, 0.1) is 0 Å². The summed E-state index contributed by atoms with van der Waals surface area (Å²) < 4.78 is 15.0. The van der Waals surface area contributed by atoms with E-state index in [2.05, 4.69) is 14.7 Å². The SMILES string of the molecule is COCCOOF. The fraction of sp³-hybridized carbons (Fsp3) is 1.00. The molecule has 4 heteroatoms. The second-order valence-corrected chi connectivity index (χ2v) is 0.878. The van der Waals surface area contributed by atoms with Crippen LogP contribution in [0.15, 0.2) is 0 Å². The van der Waals surface area contributed by atoms with E-state index in [9.17, 15) is 4.53 Å². The first-order valence-electron chi connectivity index (χ1n) is 1.81. The molecule has 0 rings (SSSR count). The minimum Gasteiger partial charge on any atom is -0.382 e. The van der Waals surface area contributed by atoms with Crippen LogP contribution in [0.3, 0.4) is 0 Å². The summed E-state index contributed by atoms with van der Waals surface area (Å²) in [7, 11) is 1.49. The molecule has 0 atom stereocenters. The molecule has 0 amide bonds. The molecule has 7 heavy (non-hydrogen) atoms. The number of methoxy groups -OCH3 is 1. The zero-order valence-corrected chi connectivity index (χ0v) is 4.02. The van der Waals surface area contributed by atoms with E-state index < -0.39 is 0 Å². The highest BCUT2D eigenvalue weighted by atomic mass is 19.3. The third kappa shape index (κ3) is 5.81. The molecule has 0 radical (unpaired) electrons. The van der Waals surface area contributed by atoms with Gasteiger partial charge in [0.15, 0.2) is 0 Å². The standard InChI is InChI=1S/C3H7FO3/c1-5-2-3-6-7-4/h2-3H2,1H3. The Labute approximate surface area is 40.8 Å². The molecule has 0 aromatic carbocycles. The van der Waals surface area contributed by atoms with Gasteiger partial charge in [-0.05, 0) is 9.62 Å². The van der Waals surface area contributed by atoms with Gasteiger partial charge in [0.2, 0.25) is 0 Å². The Kier molecular flexibility index (Phi) is 5.65. The molecule has 0 fully saturated rings. The summed E-state index contributed by atoms with van der Waals surface area (Å²) in [6.07, 6.45) is 0. The Bertz CT molecular complexity index is 29.4. The molecule has 0 unspecified atom stereocenters. The number of halogens is 1. The lowest BCUT2D eigenvalue weighted by Gasteiger charge is -1.91. The minimum atomic E-state index is 0.118. The molecule has 44 valence electrons. The smallest absolute Gasteiger partial charge is 0.109 e. The molecule has 0 aliphatic carbocycles. The number of rotatable bonds is 4. The number of hydrogen-bond acceptors (Lipinski definition) is 3. The lowest BCUT2D eigenvalue weighted by atomic mass is 10.8. The molecule has 0 spiro atoms. The fourth-order valence-corrected chi connectivity index (χ4v) is 0.149. The predicted molar refractivity (Wildman–Crippen MR) is 20.0 cm³/mol. The van der Waals surface area contributed by atoms with Crippen LogP contribution in [0.5, 0.6) is 0 Å². The van der Waals surface area contributed by atoms with E-state index in [1.807, 2.05) is 0 Å². The van der Waals surface area contributed by atoms with Crippen molar-refractivity contribution < 1.29 is 19.2 Å². The molecule has 0 bridgehead atoms. The van der Waals surface area contributed by atoms with Crippen molar-refractivity contribution in [2.45, 2.75) is 0 Å². The Morgan fingerprint density at radius 3 is 2.57 bits per heavy atom. The summed E-state index contributed by atoms with van der Waals surface area (Å²) in [6.45, 7) is 0.455. The van der Waals surface area contributed by atoms with E-state index in [-0.39, 0.29) is 6.61 Å². The maximum Gasteiger partial charge on any atom is 0.109 e. The van der Waals surface area contributed by atoms with Crippen LogP contribution in [0.1, 0.15) is 0 Å². The van der Waals surface area contributed by atoms with Gasteiger partial charge >= 0.3 is 0 Å². The van der Waals surface area contributed by atoms with Gasteiger partial charge in [-0.15, -0.1) is 0 Å². The number of hydrogen-bond donors (Lipinski definition) is 0. The van der Waals surface area contributed by atoms with Crippen LogP contribution in [0.25, 0.3) is 0 Å². The summed E-state index contributed by atoms with van der Waals surface area (Å²) in [5.41, 5.74) is 0. The van der Waals surface area contributed by atoms with Gasteiger partial charge in [-0.3, -0.25) is 0 Å². The first-order valence-corrected chi connectivity index (χ1v) is 1.81. The van der Waals surface area contributed by atoms with Crippen LogP contribution >= 0.6 is 0 Å². The van der Waals surface area contributed by atoms with Gasteiger partial charge < -0.3 is 4.74 Å². The van der Waals surface area contributed by atoms with Crippen LogP contribution < -0.4 is 0 Å². The molecule has 3 nitrogen and oxygen atoms in total. The van der Waals surface area contributed by atoms with Gasteiger partial charge in [0.05, 0.1) is 6.61 Å². The van der Waals surface area contributed by atoms with E-state index in [4.69, 9.17) is 0 Å². The highest BCUT2D eigenvalue weighted by molar-refractivity contribution is 4.15. The minimum absolute atomic E-state index is 0.118. The summed E-state index contributed by atoms with van der Waals surface area (Å²) in [4.78, 5) is 3.78. The zero-order valence-electron chi connectivity index (χ0n) is 4.02. The average molecular weight is 110 g/mol. The zero-order chi connectivity index (χ0) is 5.54. The van der Waals surface area contributed by atoms with E-state index in [0.717, 1.165) is 0 Å². The van der Waals surface area contributed by atoms with Crippen molar-refractivity contribution in [2.75, 3.05) is 20.3 Å². The van der Waals surface area contributed by atoms with E-state index >= 15 is 0 Å². The summed E-state index contributed by atoms with van der Waals surface area (Å²) in [5, 5.41) is 2.76. The van der Waals surface area contributed by atoms with Crippen LogP contribution in [0.2, 0.25) is 0 Å². The van der Waals surface area contributed by atoms with Gasteiger partial charge in [-0.2, -0.15) is 4.89 Å². The molecule has 0 saturated carbocycles. The Hall–Kier alpha value is -0.190. The topological polar surface area (TPSA) is 27.7 Å². The van der Waals surface area contributed by atoms with Gasteiger partial charge in [-0.1, -0.05) is 0 Å². The number of ether oxygens (including phenoxy) is 1. The van der Waals surface area contributed by atoms with Crippen LogP contribution in [-0.2, 0) is 14.7 Å². The third-order valence-electron chi connectivity index (χ3n) is 0.415. The maximum atomic E-state index is 10.5. The van der Waals surface area contributed by atoms with Gasteiger partial charge in [0, 0.05) is 7.11 Å². The van der Waals surface area contributed by atoms with Crippen LogP contribution in [0.4, 0.5) is 4.53 Å². The average Bonchev–Trinajstić information content (AvgIpc) is 1.69. The van der Waals surface area contributed by atoms with Gasteiger partial charge in [-0.25, -0.2) is 0 Å². The first-order chi connectivity index (χ1) is 3.41. The first kappa shape index (κ1) is 6.81. The molecular formula is C3H7FO3. The highest BCUT2D eigenvalue weighted by Crippen LogP contribution is 1.76. The van der Waals surface area contributed by atoms with Gasteiger partial charge in [0.1, 0.15) is 6.61 Å². The molecule has 0 aliphatic heterocycles. The van der Waals surface area contributed by atoms with E-state index in [1.54, 1.807) is 0 Å². The quantitative estimate of drug-likeness (QED) is 0.299. The monoisotopic (exact) mass is 110 g/mol. The van der Waals surface area contributed by atoms with Crippen molar-refractivity contribution in [3.8, 4) is 0 Å². The summed E-state index contributed by atoms with van der Waals surface area (Å²) in [6, 6.07) is 0. The Balaban J connectivity index is 2.45. The van der Waals surface area contributed by atoms with Crippen molar-refractivity contribution in [3.63, 3.8) is 0 Å².